The summed E-state index contributed by atoms with van der Waals surface area (Å²) in [6, 6.07) is 13.0. The molecule has 0 saturated heterocycles. The van der Waals surface area contributed by atoms with Crippen LogP contribution in [0.5, 0.6) is 0 Å². The van der Waals surface area contributed by atoms with Crippen molar-refractivity contribution in [1.82, 2.24) is 5.32 Å². The maximum atomic E-state index is 12.1. The minimum atomic E-state index is -0.642. The topological polar surface area (TPSA) is 93.7 Å². The average molecular weight is 354 g/mol. The van der Waals surface area contributed by atoms with Crippen molar-refractivity contribution in [3.63, 3.8) is 0 Å². The third-order valence-corrected chi connectivity index (χ3v) is 3.38. The lowest BCUT2D eigenvalue weighted by Gasteiger charge is -2.11. The summed E-state index contributed by atoms with van der Waals surface area (Å²) in [5.41, 5.74) is 1.35. The molecule has 0 radical (unpaired) electrons. The molecule has 134 valence electrons. The van der Waals surface area contributed by atoms with Crippen LogP contribution in [0.4, 0.5) is 10.5 Å². The van der Waals surface area contributed by atoms with Gasteiger partial charge in [-0.2, -0.15) is 0 Å². The number of methoxy groups -OCH3 is 2. The summed E-state index contributed by atoms with van der Waals surface area (Å²) in [4.78, 5) is 35.6. The first-order chi connectivity index (χ1) is 12.5. The molecular formula is C19H18N2O5. The Labute approximate surface area is 150 Å². The van der Waals surface area contributed by atoms with E-state index in [9.17, 15) is 14.4 Å². The maximum absolute atomic E-state index is 12.1. The molecule has 0 heterocycles. The number of hydrogen-bond acceptors (Lipinski definition) is 5. The molecular weight excluding hydrogens is 336 g/mol. The zero-order valence-corrected chi connectivity index (χ0v) is 14.3. The Kier molecular flexibility index (Phi) is 6.50. The van der Waals surface area contributed by atoms with Crippen molar-refractivity contribution in [3.05, 3.63) is 71.4 Å². The van der Waals surface area contributed by atoms with Crippen LogP contribution in [0.3, 0.4) is 0 Å². The van der Waals surface area contributed by atoms with Gasteiger partial charge in [0.2, 0.25) is 0 Å². The van der Waals surface area contributed by atoms with E-state index in [1.54, 1.807) is 6.08 Å². The Morgan fingerprint density at radius 3 is 2.27 bits per heavy atom. The molecule has 7 nitrogen and oxygen atoms in total. The highest BCUT2D eigenvalue weighted by molar-refractivity contribution is 6.03. The molecule has 0 aliphatic carbocycles. The van der Waals surface area contributed by atoms with Gasteiger partial charge in [-0.05, 0) is 29.8 Å². The van der Waals surface area contributed by atoms with Crippen LogP contribution in [0.25, 0.3) is 6.08 Å². The van der Waals surface area contributed by atoms with E-state index in [0.717, 1.165) is 5.56 Å². The highest BCUT2D eigenvalue weighted by Gasteiger charge is 2.17. The van der Waals surface area contributed by atoms with Crippen LogP contribution >= 0.6 is 0 Å². The Bertz CT molecular complexity index is 831. The molecule has 0 spiro atoms. The summed E-state index contributed by atoms with van der Waals surface area (Å²) in [5, 5.41) is 5.05. The van der Waals surface area contributed by atoms with Gasteiger partial charge in [0.1, 0.15) is 0 Å². The summed E-state index contributed by atoms with van der Waals surface area (Å²) in [6.07, 6.45) is 3.18. The number of amides is 2. The number of urea groups is 1. The van der Waals surface area contributed by atoms with Crippen molar-refractivity contribution in [2.75, 3.05) is 19.5 Å². The Morgan fingerprint density at radius 1 is 0.923 bits per heavy atom. The van der Waals surface area contributed by atoms with E-state index >= 15 is 0 Å². The van der Waals surface area contributed by atoms with Crippen LogP contribution in [0, 0.1) is 0 Å². The molecule has 0 bridgehead atoms. The summed E-state index contributed by atoms with van der Waals surface area (Å²) < 4.78 is 9.33. The highest BCUT2D eigenvalue weighted by Crippen LogP contribution is 2.19. The highest BCUT2D eigenvalue weighted by atomic mass is 16.5. The fourth-order valence-electron chi connectivity index (χ4n) is 2.12. The molecule has 2 aromatic carbocycles. The predicted molar refractivity (Wildman–Crippen MR) is 96.8 cm³/mol. The first-order valence-electron chi connectivity index (χ1n) is 7.65. The molecule has 2 rings (SSSR count). The van der Waals surface area contributed by atoms with Gasteiger partial charge < -0.3 is 20.1 Å². The molecule has 7 heteroatoms. The number of rotatable bonds is 5. The molecule has 0 aromatic heterocycles. The number of esters is 2. The van der Waals surface area contributed by atoms with Gasteiger partial charge in [-0.25, -0.2) is 14.4 Å². The third-order valence-electron chi connectivity index (χ3n) is 3.38. The van der Waals surface area contributed by atoms with Crippen molar-refractivity contribution >= 4 is 29.7 Å². The minimum absolute atomic E-state index is 0.113. The molecule has 2 amide bonds. The van der Waals surface area contributed by atoms with Crippen molar-refractivity contribution < 1.29 is 23.9 Å². The SMILES string of the molecule is COC(=O)c1ccc(C(=O)OC)c(NC(=O)N/C=C/c2ccccc2)c1. The number of carbonyl (C=O) groups excluding carboxylic acids is 3. The van der Waals surface area contributed by atoms with Gasteiger partial charge in [0.05, 0.1) is 31.0 Å². The van der Waals surface area contributed by atoms with Crippen molar-refractivity contribution in [3.8, 4) is 0 Å². The maximum Gasteiger partial charge on any atom is 0.339 e. The van der Waals surface area contributed by atoms with E-state index in [-0.39, 0.29) is 16.8 Å². The second-order valence-electron chi connectivity index (χ2n) is 5.09. The summed E-state index contributed by atoms with van der Waals surface area (Å²) in [6.45, 7) is 0. The second-order valence-corrected chi connectivity index (χ2v) is 5.09. The monoisotopic (exact) mass is 354 g/mol. The largest absolute Gasteiger partial charge is 0.465 e. The van der Waals surface area contributed by atoms with E-state index in [1.165, 1.54) is 38.6 Å². The standard InChI is InChI=1S/C19H18N2O5/c1-25-17(22)14-8-9-15(18(23)26-2)16(12-14)21-19(24)20-11-10-13-6-4-3-5-7-13/h3-12H,1-2H3,(H2,20,21,24)/b11-10+. The number of nitrogens with one attached hydrogen (secondary N) is 2. The van der Waals surface area contributed by atoms with Crippen LogP contribution in [0.1, 0.15) is 26.3 Å². The smallest absolute Gasteiger partial charge is 0.339 e. The number of hydrogen-bond donors (Lipinski definition) is 2. The van der Waals surface area contributed by atoms with Gasteiger partial charge >= 0.3 is 18.0 Å². The van der Waals surface area contributed by atoms with Crippen molar-refractivity contribution in [2.45, 2.75) is 0 Å². The molecule has 0 saturated carbocycles. The van der Waals surface area contributed by atoms with E-state index in [2.05, 4.69) is 20.1 Å². The number of anilines is 1. The van der Waals surface area contributed by atoms with Gasteiger partial charge in [0, 0.05) is 6.20 Å². The molecule has 0 atom stereocenters. The van der Waals surface area contributed by atoms with Crippen LogP contribution in [-0.4, -0.2) is 32.2 Å². The van der Waals surface area contributed by atoms with E-state index < -0.39 is 18.0 Å². The van der Waals surface area contributed by atoms with Gasteiger partial charge in [0.15, 0.2) is 0 Å². The zero-order chi connectivity index (χ0) is 18.9. The molecule has 0 fully saturated rings. The molecule has 26 heavy (non-hydrogen) atoms. The zero-order valence-electron chi connectivity index (χ0n) is 14.3. The van der Waals surface area contributed by atoms with E-state index in [1.807, 2.05) is 30.3 Å². The molecule has 0 aliphatic heterocycles. The second kappa shape index (κ2) is 9.03. The molecule has 0 unspecified atom stereocenters. The Balaban J connectivity index is 2.14. The lowest BCUT2D eigenvalue weighted by Crippen LogP contribution is -2.25. The minimum Gasteiger partial charge on any atom is -0.465 e. The quantitative estimate of drug-likeness (QED) is 0.805. The lowest BCUT2D eigenvalue weighted by atomic mass is 10.1. The third kappa shape index (κ3) is 4.94. The Hall–Kier alpha value is -3.61. The van der Waals surface area contributed by atoms with Crippen LogP contribution in [-0.2, 0) is 9.47 Å². The van der Waals surface area contributed by atoms with Crippen LogP contribution in [0.15, 0.2) is 54.7 Å². The number of benzene rings is 2. The summed E-state index contributed by atoms with van der Waals surface area (Å²) in [7, 11) is 2.47. The van der Waals surface area contributed by atoms with E-state index in [4.69, 9.17) is 0 Å². The summed E-state index contributed by atoms with van der Waals surface area (Å²) in [5.74, 6) is -1.23. The van der Waals surface area contributed by atoms with Gasteiger partial charge in [-0.1, -0.05) is 30.3 Å². The summed E-state index contributed by atoms with van der Waals surface area (Å²) >= 11 is 0. The normalized spacial score (nSPS) is 10.2. The lowest BCUT2D eigenvalue weighted by molar-refractivity contribution is 0.0587. The fourth-order valence-corrected chi connectivity index (χ4v) is 2.12. The average Bonchev–Trinajstić information content (AvgIpc) is 2.67. The predicted octanol–water partition coefficient (Wildman–Crippen LogP) is 3.05. The molecule has 2 N–H and O–H groups in total. The molecule has 0 aliphatic rings. The first-order valence-corrected chi connectivity index (χ1v) is 7.65. The van der Waals surface area contributed by atoms with Gasteiger partial charge in [-0.15, -0.1) is 0 Å². The van der Waals surface area contributed by atoms with Gasteiger partial charge in [0.25, 0.3) is 0 Å². The van der Waals surface area contributed by atoms with Crippen molar-refractivity contribution in [2.24, 2.45) is 0 Å². The number of carbonyl (C=O) groups is 3. The van der Waals surface area contributed by atoms with Crippen LogP contribution < -0.4 is 10.6 Å². The fraction of sp³-hybridized carbons (Fsp3) is 0.105. The van der Waals surface area contributed by atoms with Crippen LogP contribution in [0.2, 0.25) is 0 Å². The molecule has 2 aromatic rings. The van der Waals surface area contributed by atoms with E-state index in [0.29, 0.717) is 0 Å². The van der Waals surface area contributed by atoms with Gasteiger partial charge in [-0.3, -0.25) is 0 Å². The van der Waals surface area contributed by atoms with Crippen molar-refractivity contribution in [1.29, 1.82) is 0 Å². The first kappa shape index (κ1) is 18.7. The Morgan fingerprint density at radius 2 is 1.62 bits per heavy atom. The number of ether oxygens (including phenoxy) is 2.